The van der Waals surface area contributed by atoms with Gasteiger partial charge in [0.25, 0.3) is 0 Å². The lowest BCUT2D eigenvalue weighted by atomic mass is 9.90. The van der Waals surface area contributed by atoms with Crippen LogP contribution >= 0.6 is 7.14 Å². The molecule has 0 saturated heterocycles. The first-order valence-corrected chi connectivity index (χ1v) is 13.4. The van der Waals surface area contributed by atoms with Gasteiger partial charge >= 0.3 is 0 Å². The predicted molar refractivity (Wildman–Crippen MR) is 141 cm³/mol. The van der Waals surface area contributed by atoms with E-state index in [1.54, 1.807) is 0 Å². The van der Waals surface area contributed by atoms with Crippen LogP contribution < -0.4 is 15.9 Å². The molecular weight excluding hydrogens is 437 g/mol. The Balaban J connectivity index is 2.04. The zero-order chi connectivity index (χ0) is 24.0. The first-order valence-electron chi connectivity index (χ1n) is 11.6. The Morgan fingerprint density at radius 2 is 1.00 bits per heavy atom. The lowest BCUT2D eigenvalue weighted by molar-refractivity contribution is -0.123. The highest BCUT2D eigenvalue weighted by Gasteiger charge is 2.45. The summed E-state index contributed by atoms with van der Waals surface area (Å²) in [6.45, 7) is 3.90. The average Bonchev–Trinajstić information content (AvgIpc) is 2.88. The van der Waals surface area contributed by atoms with Crippen LogP contribution in [0.15, 0.2) is 121 Å². The molecular formula is C30H30NO2P. The lowest BCUT2D eigenvalue weighted by Crippen LogP contribution is -2.38. The second kappa shape index (κ2) is 10.7. The Hall–Kier alpha value is -3.42. The van der Waals surface area contributed by atoms with Gasteiger partial charge in [0, 0.05) is 16.7 Å². The van der Waals surface area contributed by atoms with Crippen molar-refractivity contribution in [1.29, 1.82) is 0 Å². The van der Waals surface area contributed by atoms with Gasteiger partial charge in [-0.2, -0.15) is 0 Å². The molecule has 1 N–H and O–H groups in total. The normalized spacial score (nSPS) is 13.3. The van der Waals surface area contributed by atoms with Gasteiger partial charge in [0.15, 0.2) is 7.14 Å². The Morgan fingerprint density at radius 1 is 0.618 bits per heavy atom. The van der Waals surface area contributed by atoms with Gasteiger partial charge in [-0.25, -0.2) is 0 Å². The molecule has 4 rings (SSSR count). The number of rotatable bonds is 8. The fourth-order valence-corrected chi connectivity index (χ4v) is 8.03. The zero-order valence-corrected chi connectivity index (χ0v) is 20.4. The van der Waals surface area contributed by atoms with Crippen molar-refractivity contribution in [2.75, 3.05) is 0 Å². The number of carbonyl (C=O) groups is 1. The van der Waals surface area contributed by atoms with Gasteiger partial charge in [-0.3, -0.25) is 4.79 Å². The van der Waals surface area contributed by atoms with Gasteiger partial charge in [0.05, 0.1) is 11.6 Å². The monoisotopic (exact) mass is 467 g/mol. The molecule has 0 saturated carbocycles. The first-order chi connectivity index (χ1) is 16.5. The molecule has 0 spiro atoms. The van der Waals surface area contributed by atoms with Crippen LogP contribution in [0.1, 0.15) is 36.6 Å². The van der Waals surface area contributed by atoms with Crippen molar-refractivity contribution in [1.82, 2.24) is 5.32 Å². The Labute approximate surface area is 202 Å². The largest absolute Gasteiger partial charge is 0.353 e. The highest BCUT2D eigenvalue weighted by molar-refractivity contribution is 7.79. The van der Waals surface area contributed by atoms with Crippen LogP contribution in [0.3, 0.4) is 0 Å². The van der Waals surface area contributed by atoms with E-state index in [4.69, 9.17) is 0 Å². The Kier molecular flexibility index (Phi) is 7.45. The van der Waals surface area contributed by atoms with Gasteiger partial charge in [0.2, 0.25) is 5.91 Å². The van der Waals surface area contributed by atoms with Crippen molar-refractivity contribution in [3.63, 3.8) is 0 Å². The smallest absolute Gasteiger partial charge is 0.228 e. The van der Waals surface area contributed by atoms with Crippen LogP contribution in [0.2, 0.25) is 0 Å². The van der Waals surface area contributed by atoms with Crippen molar-refractivity contribution in [2.45, 2.75) is 31.5 Å². The molecule has 0 aromatic heterocycles. The zero-order valence-electron chi connectivity index (χ0n) is 19.5. The summed E-state index contributed by atoms with van der Waals surface area (Å²) >= 11 is 0. The molecule has 0 heterocycles. The maximum absolute atomic E-state index is 15.5. The molecule has 4 aromatic rings. The third-order valence-electron chi connectivity index (χ3n) is 6.00. The van der Waals surface area contributed by atoms with Crippen molar-refractivity contribution in [2.24, 2.45) is 0 Å². The van der Waals surface area contributed by atoms with Crippen molar-refractivity contribution >= 4 is 23.7 Å². The standard InChI is InChI=1S/C30H30NO2P/c1-23(2)31-30(32)28(24-15-7-3-8-16-24)29(25-17-9-4-10-18-25)34(33,26-19-11-5-12-20-26)27-21-13-6-14-22-27/h3-23,28-29H,1-2H3,(H,31,32)/t28-,29-/m1/s1. The quantitative estimate of drug-likeness (QED) is 0.321. The molecule has 0 aliphatic carbocycles. The van der Waals surface area contributed by atoms with Crippen LogP contribution in [-0.2, 0) is 9.36 Å². The van der Waals surface area contributed by atoms with Crippen molar-refractivity contribution in [3.05, 3.63) is 132 Å². The molecule has 4 heteroatoms. The van der Waals surface area contributed by atoms with E-state index in [2.05, 4.69) is 5.32 Å². The van der Waals surface area contributed by atoms with E-state index < -0.39 is 18.7 Å². The van der Waals surface area contributed by atoms with Gasteiger partial charge in [-0.15, -0.1) is 0 Å². The third kappa shape index (κ3) is 4.90. The highest BCUT2D eigenvalue weighted by Crippen LogP contribution is 2.62. The molecule has 0 unspecified atom stereocenters. The fourth-order valence-electron chi connectivity index (χ4n) is 4.54. The van der Waals surface area contributed by atoms with E-state index in [1.165, 1.54) is 0 Å². The summed E-state index contributed by atoms with van der Waals surface area (Å²) in [5.41, 5.74) is 1.15. The summed E-state index contributed by atoms with van der Waals surface area (Å²) in [4.78, 5) is 13.8. The second-order valence-electron chi connectivity index (χ2n) is 8.74. The molecule has 1 amide bonds. The lowest BCUT2D eigenvalue weighted by Gasteiger charge is -2.35. The summed E-state index contributed by atoms with van der Waals surface area (Å²) in [5, 5.41) is 4.59. The number of nitrogens with one attached hydrogen (secondary N) is 1. The molecule has 0 aliphatic heterocycles. The van der Waals surface area contributed by atoms with E-state index >= 15 is 4.57 Å². The number of hydrogen-bond acceptors (Lipinski definition) is 2. The Bertz CT molecular complexity index is 1200. The number of benzene rings is 4. The van der Waals surface area contributed by atoms with Crippen LogP contribution in [0.4, 0.5) is 0 Å². The van der Waals surface area contributed by atoms with E-state index in [0.29, 0.717) is 0 Å². The SMILES string of the molecule is CC(C)NC(=O)[C@H](c1ccccc1)[C@@H](c1ccccc1)P(=O)(c1ccccc1)c1ccccc1. The van der Waals surface area contributed by atoms with Gasteiger partial charge in [-0.1, -0.05) is 121 Å². The van der Waals surface area contributed by atoms with Crippen LogP contribution in [0, 0.1) is 0 Å². The molecule has 0 aliphatic rings. The van der Waals surface area contributed by atoms with E-state index in [-0.39, 0.29) is 11.9 Å². The summed E-state index contributed by atoms with van der Waals surface area (Å²) in [6.07, 6.45) is 0. The molecule has 34 heavy (non-hydrogen) atoms. The summed E-state index contributed by atoms with van der Waals surface area (Å²) in [7, 11) is -3.34. The minimum Gasteiger partial charge on any atom is -0.353 e. The highest BCUT2D eigenvalue weighted by atomic mass is 31.2. The fraction of sp³-hybridized carbons (Fsp3) is 0.167. The molecule has 3 nitrogen and oxygen atoms in total. The number of hydrogen-bond donors (Lipinski definition) is 1. The van der Waals surface area contributed by atoms with E-state index in [1.807, 2.05) is 135 Å². The second-order valence-corrected chi connectivity index (χ2v) is 11.6. The van der Waals surface area contributed by atoms with Crippen molar-refractivity contribution < 1.29 is 9.36 Å². The minimum atomic E-state index is -3.34. The molecule has 0 bridgehead atoms. The molecule has 2 atom stereocenters. The van der Waals surface area contributed by atoms with E-state index in [9.17, 15) is 4.79 Å². The van der Waals surface area contributed by atoms with Crippen molar-refractivity contribution in [3.8, 4) is 0 Å². The minimum absolute atomic E-state index is 0.0389. The average molecular weight is 468 g/mol. The topological polar surface area (TPSA) is 46.2 Å². The number of carbonyl (C=O) groups excluding carboxylic acids is 1. The maximum Gasteiger partial charge on any atom is 0.228 e. The Morgan fingerprint density at radius 3 is 1.41 bits per heavy atom. The van der Waals surface area contributed by atoms with Gasteiger partial charge < -0.3 is 9.88 Å². The van der Waals surface area contributed by atoms with E-state index in [0.717, 1.165) is 21.7 Å². The van der Waals surface area contributed by atoms with Crippen LogP contribution in [0.25, 0.3) is 0 Å². The summed E-state index contributed by atoms with van der Waals surface area (Å²) < 4.78 is 15.5. The molecule has 0 radical (unpaired) electrons. The molecule has 4 aromatic carbocycles. The maximum atomic E-state index is 15.5. The molecule has 172 valence electrons. The summed E-state index contributed by atoms with van der Waals surface area (Å²) in [6, 6.07) is 38.7. The predicted octanol–water partition coefficient (Wildman–Crippen LogP) is 6.05. The number of amides is 1. The summed E-state index contributed by atoms with van der Waals surface area (Å²) in [5.74, 6) is -0.764. The van der Waals surface area contributed by atoms with Crippen LogP contribution in [-0.4, -0.2) is 11.9 Å². The third-order valence-corrected chi connectivity index (χ3v) is 9.51. The molecule has 0 fully saturated rings. The van der Waals surface area contributed by atoms with Gasteiger partial charge in [-0.05, 0) is 25.0 Å². The van der Waals surface area contributed by atoms with Crippen LogP contribution in [0.5, 0.6) is 0 Å². The van der Waals surface area contributed by atoms with Gasteiger partial charge in [0.1, 0.15) is 0 Å². The first kappa shape index (κ1) is 23.7.